The molecular weight excluding hydrogens is 309 g/mol. The third-order valence-corrected chi connectivity index (χ3v) is 4.92. The monoisotopic (exact) mass is 331 g/mol. The van der Waals surface area contributed by atoms with Crippen molar-refractivity contribution in [2.45, 2.75) is 51.7 Å². The van der Waals surface area contributed by atoms with E-state index in [-0.39, 0.29) is 10.8 Å². The number of phenolic OH excluding ortho intramolecular Hbond substituents is 1. The first-order valence-corrected chi connectivity index (χ1v) is 8.06. The molecule has 0 heterocycles. The predicted molar refractivity (Wildman–Crippen MR) is 87.0 cm³/mol. The second-order valence-corrected chi connectivity index (χ2v) is 7.73. The lowest BCUT2D eigenvalue weighted by atomic mass is 9.71. The smallest absolute Gasteiger partial charge is 0.138 e. The van der Waals surface area contributed by atoms with Crippen LogP contribution in [0.1, 0.15) is 45.1 Å². The van der Waals surface area contributed by atoms with Gasteiger partial charge in [0.05, 0.1) is 10.6 Å². The first kappa shape index (κ1) is 16.9. The number of hydrogen-bond donors (Lipinski definition) is 3. The van der Waals surface area contributed by atoms with Crippen molar-refractivity contribution in [1.82, 2.24) is 5.32 Å². The van der Waals surface area contributed by atoms with Gasteiger partial charge >= 0.3 is 0 Å². The third kappa shape index (κ3) is 4.49. The summed E-state index contributed by atoms with van der Waals surface area (Å²) in [7, 11) is 0. The van der Waals surface area contributed by atoms with Gasteiger partial charge in [-0.2, -0.15) is 0 Å². The summed E-state index contributed by atoms with van der Waals surface area (Å²) in [6, 6.07) is 3.20. The van der Waals surface area contributed by atoms with E-state index in [1.165, 1.54) is 6.07 Å². The highest BCUT2D eigenvalue weighted by Gasteiger charge is 2.36. The van der Waals surface area contributed by atoms with E-state index in [1.807, 2.05) is 0 Å². The topological polar surface area (TPSA) is 52.5 Å². The third-order valence-electron chi connectivity index (χ3n) is 4.41. The molecule has 3 N–H and O–H groups in total. The SMILES string of the molecule is CC1(C)CCC(O)(CNCc2cc(Cl)cc(Cl)c2O)CC1. The van der Waals surface area contributed by atoms with Crippen LogP contribution in [0.25, 0.3) is 0 Å². The Morgan fingerprint density at radius 1 is 1.14 bits per heavy atom. The summed E-state index contributed by atoms with van der Waals surface area (Å²) in [4.78, 5) is 0. The Kier molecular flexibility index (Phi) is 5.09. The molecule has 118 valence electrons. The minimum atomic E-state index is -0.659. The highest BCUT2D eigenvalue weighted by atomic mass is 35.5. The Balaban J connectivity index is 1.90. The maximum atomic E-state index is 10.6. The normalized spacial score (nSPS) is 20.4. The molecular formula is C16H23Cl2NO2. The summed E-state index contributed by atoms with van der Waals surface area (Å²) in [5, 5.41) is 24.4. The standard InChI is InChI=1S/C16H23Cl2NO2/c1-15(2)3-5-16(21,6-4-15)10-19-9-11-7-12(17)8-13(18)14(11)20/h7-8,19-21H,3-6,9-10H2,1-2H3. The summed E-state index contributed by atoms with van der Waals surface area (Å²) >= 11 is 11.8. The lowest BCUT2D eigenvalue weighted by Crippen LogP contribution is -2.44. The molecule has 0 aromatic heterocycles. The van der Waals surface area contributed by atoms with Crippen molar-refractivity contribution in [2.24, 2.45) is 5.41 Å². The highest BCUT2D eigenvalue weighted by Crippen LogP contribution is 2.40. The van der Waals surface area contributed by atoms with Crippen molar-refractivity contribution < 1.29 is 10.2 Å². The minimum Gasteiger partial charge on any atom is -0.506 e. The van der Waals surface area contributed by atoms with Crippen LogP contribution in [0, 0.1) is 5.41 Å². The lowest BCUT2D eigenvalue weighted by Gasteiger charge is -2.40. The van der Waals surface area contributed by atoms with Gasteiger partial charge in [-0.15, -0.1) is 0 Å². The van der Waals surface area contributed by atoms with Crippen molar-refractivity contribution in [2.75, 3.05) is 6.54 Å². The number of nitrogens with one attached hydrogen (secondary N) is 1. The largest absolute Gasteiger partial charge is 0.506 e. The Bertz CT molecular complexity index is 507. The first-order valence-electron chi connectivity index (χ1n) is 7.31. The average molecular weight is 332 g/mol. The molecule has 0 saturated heterocycles. The van der Waals surface area contributed by atoms with E-state index in [0.717, 1.165) is 25.7 Å². The molecule has 0 spiro atoms. The zero-order valence-electron chi connectivity index (χ0n) is 12.5. The van der Waals surface area contributed by atoms with Crippen LogP contribution in [0.4, 0.5) is 0 Å². The van der Waals surface area contributed by atoms with E-state index in [0.29, 0.717) is 29.1 Å². The van der Waals surface area contributed by atoms with Crippen LogP contribution in [-0.4, -0.2) is 22.4 Å². The van der Waals surface area contributed by atoms with E-state index < -0.39 is 5.60 Å². The number of phenols is 1. The fourth-order valence-corrected chi connectivity index (χ4v) is 3.29. The number of benzene rings is 1. The van der Waals surface area contributed by atoms with E-state index in [2.05, 4.69) is 19.2 Å². The van der Waals surface area contributed by atoms with Crippen LogP contribution >= 0.6 is 23.2 Å². The van der Waals surface area contributed by atoms with Crippen LogP contribution in [-0.2, 0) is 6.54 Å². The molecule has 1 aromatic rings. The van der Waals surface area contributed by atoms with Gasteiger partial charge in [0.1, 0.15) is 5.75 Å². The van der Waals surface area contributed by atoms with E-state index >= 15 is 0 Å². The molecule has 2 rings (SSSR count). The number of aliphatic hydroxyl groups is 1. The summed E-state index contributed by atoms with van der Waals surface area (Å²) in [5.41, 5.74) is 0.311. The fraction of sp³-hybridized carbons (Fsp3) is 0.625. The molecule has 1 aliphatic carbocycles. The van der Waals surface area contributed by atoms with Crippen molar-refractivity contribution in [3.05, 3.63) is 27.7 Å². The second kappa shape index (κ2) is 6.33. The highest BCUT2D eigenvalue weighted by molar-refractivity contribution is 6.35. The molecule has 0 amide bonds. The summed E-state index contributed by atoms with van der Waals surface area (Å²) in [5.74, 6) is 0.0466. The van der Waals surface area contributed by atoms with Crippen molar-refractivity contribution in [3.8, 4) is 5.75 Å². The van der Waals surface area contributed by atoms with E-state index in [1.54, 1.807) is 6.07 Å². The summed E-state index contributed by atoms with van der Waals surface area (Å²) in [6.45, 7) is 5.42. The molecule has 5 heteroatoms. The van der Waals surface area contributed by atoms with Gasteiger partial charge in [0.25, 0.3) is 0 Å². The predicted octanol–water partition coefficient (Wildman–Crippen LogP) is 4.12. The molecule has 1 fully saturated rings. The molecule has 21 heavy (non-hydrogen) atoms. The van der Waals surface area contributed by atoms with E-state index in [9.17, 15) is 10.2 Å². The number of halogens is 2. The molecule has 1 aromatic carbocycles. The van der Waals surface area contributed by atoms with Crippen LogP contribution < -0.4 is 5.32 Å². The van der Waals surface area contributed by atoms with Gasteiger partial charge in [-0.05, 0) is 43.2 Å². The average Bonchev–Trinajstić information content (AvgIpc) is 2.39. The summed E-state index contributed by atoms with van der Waals surface area (Å²) in [6.07, 6.45) is 3.66. The van der Waals surface area contributed by atoms with Crippen LogP contribution in [0.2, 0.25) is 10.0 Å². The Hall–Kier alpha value is -0.480. The Morgan fingerprint density at radius 3 is 2.38 bits per heavy atom. The molecule has 0 radical (unpaired) electrons. The molecule has 3 nitrogen and oxygen atoms in total. The van der Waals surface area contributed by atoms with Crippen molar-refractivity contribution >= 4 is 23.2 Å². The van der Waals surface area contributed by atoms with Crippen LogP contribution in [0.3, 0.4) is 0 Å². The van der Waals surface area contributed by atoms with Gasteiger partial charge in [-0.1, -0.05) is 37.0 Å². The van der Waals surface area contributed by atoms with Gasteiger partial charge in [0, 0.05) is 23.7 Å². The maximum Gasteiger partial charge on any atom is 0.138 e. The van der Waals surface area contributed by atoms with Gasteiger partial charge in [0.2, 0.25) is 0 Å². The van der Waals surface area contributed by atoms with Crippen LogP contribution in [0.15, 0.2) is 12.1 Å². The van der Waals surface area contributed by atoms with Gasteiger partial charge in [-0.25, -0.2) is 0 Å². The zero-order chi connectivity index (χ0) is 15.7. The fourth-order valence-electron chi connectivity index (χ4n) is 2.75. The second-order valence-electron chi connectivity index (χ2n) is 6.89. The van der Waals surface area contributed by atoms with Gasteiger partial charge < -0.3 is 15.5 Å². The Labute approximate surface area is 136 Å². The molecule has 0 atom stereocenters. The molecule has 0 bridgehead atoms. The van der Waals surface area contributed by atoms with Crippen molar-refractivity contribution in [1.29, 1.82) is 0 Å². The first-order chi connectivity index (χ1) is 9.71. The molecule has 1 aliphatic rings. The van der Waals surface area contributed by atoms with Gasteiger partial charge in [0.15, 0.2) is 0 Å². The van der Waals surface area contributed by atoms with Gasteiger partial charge in [-0.3, -0.25) is 0 Å². The number of aromatic hydroxyl groups is 1. The zero-order valence-corrected chi connectivity index (χ0v) is 14.1. The van der Waals surface area contributed by atoms with Crippen molar-refractivity contribution in [3.63, 3.8) is 0 Å². The molecule has 1 saturated carbocycles. The van der Waals surface area contributed by atoms with Crippen LogP contribution in [0.5, 0.6) is 5.75 Å². The number of rotatable bonds is 4. The Morgan fingerprint density at radius 2 is 1.76 bits per heavy atom. The molecule has 0 unspecified atom stereocenters. The number of hydrogen-bond acceptors (Lipinski definition) is 3. The minimum absolute atomic E-state index is 0.0466. The van der Waals surface area contributed by atoms with E-state index in [4.69, 9.17) is 23.2 Å². The quantitative estimate of drug-likeness (QED) is 0.777. The summed E-state index contributed by atoms with van der Waals surface area (Å²) < 4.78 is 0. The maximum absolute atomic E-state index is 10.6. The molecule has 0 aliphatic heterocycles. The lowest BCUT2D eigenvalue weighted by molar-refractivity contribution is -0.0245.